The van der Waals surface area contributed by atoms with Gasteiger partial charge in [0, 0.05) is 25.3 Å². The average molecular weight is 318 g/mol. The monoisotopic (exact) mass is 318 g/mol. The van der Waals surface area contributed by atoms with E-state index in [0.29, 0.717) is 12.6 Å². The van der Waals surface area contributed by atoms with Crippen molar-refractivity contribution in [3.63, 3.8) is 0 Å². The van der Waals surface area contributed by atoms with E-state index >= 15 is 0 Å². The topological polar surface area (TPSA) is 55.0 Å². The Kier molecular flexibility index (Phi) is 3.74. The minimum absolute atomic E-state index is 0.636. The van der Waals surface area contributed by atoms with E-state index in [1.54, 1.807) is 6.33 Å². The first kappa shape index (κ1) is 11.1. The van der Waals surface area contributed by atoms with Gasteiger partial charge in [-0.25, -0.2) is 9.97 Å². The Morgan fingerprint density at radius 3 is 2.87 bits per heavy atom. The minimum atomic E-state index is 0.636. The molecule has 2 N–H and O–H groups in total. The van der Waals surface area contributed by atoms with Gasteiger partial charge in [0.25, 0.3) is 0 Å². The van der Waals surface area contributed by atoms with Gasteiger partial charge in [-0.15, -0.1) is 0 Å². The lowest BCUT2D eigenvalue weighted by Crippen LogP contribution is -2.43. The summed E-state index contributed by atoms with van der Waals surface area (Å²) in [6.45, 7) is 1.56. The molecule has 1 fully saturated rings. The van der Waals surface area contributed by atoms with E-state index in [-0.39, 0.29) is 0 Å². The Hall–Kier alpha value is -0.430. The van der Waals surface area contributed by atoms with Gasteiger partial charge in [-0.05, 0) is 41.9 Å². The third-order valence-corrected chi connectivity index (χ3v) is 3.57. The van der Waals surface area contributed by atoms with Crippen LogP contribution in [0.25, 0.3) is 0 Å². The van der Waals surface area contributed by atoms with Crippen molar-refractivity contribution in [2.45, 2.75) is 25.3 Å². The summed E-state index contributed by atoms with van der Waals surface area (Å²) in [5.41, 5.74) is 5.65. The van der Waals surface area contributed by atoms with Gasteiger partial charge in [0.15, 0.2) is 0 Å². The highest BCUT2D eigenvalue weighted by Gasteiger charge is 2.26. The third kappa shape index (κ3) is 2.39. The number of rotatable bonds is 4. The zero-order valence-electron chi connectivity index (χ0n) is 8.56. The number of nitrogens with two attached hydrogens (primary N) is 1. The lowest BCUT2D eigenvalue weighted by molar-refractivity contribution is 0.385. The van der Waals surface area contributed by atoms with Crippen molar-refractivity contribution in [2.24, 2.45) is 5.73 Å². The summed E-state index contributed by atoms with van der Waals surface area (Å²) in [7, 11) is 0. The van der Waals surface area contributed by atoms with Gasteiger partial charge in [-0.1, -0.05) is 0 Å². The molecule has 82 valence electrons. The van der Waals surface area contributed by atoms with Gasteiger partial charge in [0.2, 0.25) is 0 Å². The van der Waals surface area contributed by atoms with E-state index < -0.39 is 0 Å². The van der Waals surface area contributed by atoms with Crippen molar-refractivity contribution in [1.29, 1.82) is 0 Å². The number of nitrogens with zero attached hydrogens (tertiary/aromatic N) is 3. The lowest BCUT2D eigenvalue weighted by atomic mass is 9.91. The highest BCUT2D eigenvalue weighted by Crippen LogP contribution is 2.29. The van der Waals surface area contributed by atoms with E-state index in [4.69, 9.17) is 5.73 Å². The van der Waals surface area contributed by atoms with E-state index in [2.05, 4.69) is 37.5 Å². The third-order valence-electron chi connectivity index (χ3n) is 2.81. The van der Waals surface area contributed by atoms with E-state index in [1.807, 2.05) is 6.20 Å². The summed E-state index contributed by atoms with van der Waals surface area (Å²) in [6.07, 6.45) is 7.32. The minimum Gasteiger partial charge on any atom is -0.351 e. The fourth-order valence-electron chi connectivity index (χ4n) is 1.82. The van der Waals surface area contributed by atoms with E-state index in [0.717, 1.165) is 15.9 Å². The second-order valence-electron chi connectivity index (χ2n) is 3.76. The van der Waals surface area contributed by atoms with Gasteiger partial charge in [0.05, 0.1) is 3.57 Å². The van der Waals surface area contributed by atoms with E-state index in [9.17, 15) is 0 Å². The van der Waals surface area contributed by atoms with Crippen LogP contribution in [0.5, 0.6) is 0 Å². The second-order valence-corrected chi connectivity index (χ2v) is 4.92. The van der Waals surface area contributed by atoms with Crippen LogP contribution in [0.15, 0.2) is 12.5 Å². The maximum absolute atomic E-state index is 5.65. The quantitative estimate of drug-likeness (QED) is 0.853. The summed E-state index contributed by atoms with van der Waals surface area (Å²) >= 11 is 2.28. The summed E-state index contributed by atoms with van der Waals surface area (Å²) in [5, 5.41) is 0. The molecule has 1 heterocycles. The smallest absolute Gasteiger partial charge is 0.145 e. The Labute approximate surface area is 103 Å². The first-order chi connectivity index (χ1) is 7.33. The predicted octanol–water partition coefficient (Wildman–Crippen LogP) is 1.40. The lowest BCUT2D eigenvalue weighted by Gasteiger charge is -2.38. The van der Waals surface area contributed by atoms with Crippen molar-refractivity contribution in [2.75, 3.05) is 18.0 Å². The van der Waals surface area contributed by atoms with Crippen LogP contribution >= 0.6 is 22.6 Å². The summed E-state index contributed by atoms with van der Waals surface area (Å²) in [6, 6.07) is 0.636. The number of aromatic nitrogens is 2. The zero-order chi connectivity index (χ0) is 10.7. The highest BCUT2D eigenvalue weighted by atomic mass is 127. The van der Waals surface area contributed by atoms with Crippen molar-refractivity contribution in [1.82, 2.24) is 9.97 Å². The van der Waals surface area contributed by atoms with Crippen LogP contribution in [-0.2, 0) is 0 Å². The molecule has 1 aromatic heterocycles. The average Bonchev–Trinajstić information content (AvgIpc) is 2.15. The van der Waals surface area contributed by atoms with Crippen LogP contribution in [0.3, 0.4) is 0 Å². The highest BCUT2D eigenvalue weighted by molar-refractivity contribution is 14.1. The summed E-state index contributed by atoms with van der Waals surface area (Å²) < 4.78 is 1.11. The molecule has 1 aromatic rings. The Morgan fingerprint density at radius 1 is 1.53 bits per heavy atom. The fourth-order valence-corrected chi connectivity index (χ4v) is 2.43. The predicted molar refractivity (Wildman–Crippen MR) is 68.8 cm³/mol. The molecular weight excluding hydrogens is 303 g/mol. The normalized spacial score (nSPS) is 16.1. The summed E-state index contributed by atoms with van der Waals surface area (Å²) in [5.74, 6) is 1.04. The number of halogens is 1. The van der Waals surface area contributed by atoms with Crippen molar-refractivity contribution >= 4 is 28.4 Å². The first-order valence-electron chi connectivity index (χ1n) is 5.25. The molecule has 0 bridgehead atoms. The molecule has 1 aliphatic carbocycles. The number of hydrogen-bond acceptors (Lipinski definition) is 4. The van der Waals surface area contributed by atoms with Crippen LogP contribution in [0, 0.1) is 3.57 Å². The van der Waals surface area contributed by atoms with Gasteiger partial charge in [-0.3, -0.25) is 0 Å². The molecule has 2 rings (SSSR count). The van der Waals surface area contributed by atoms with Crippen LogP contribution in [0.2, 0.25) is 0 Å². The van der Waals surface area contributed by atoms with Crippen LogP contribution in [0.1, 0.15) is 19.3 Å². The molecule has 1 saturated carbocycles. The molecule has 0 unspecified atom stereocenters. The molecule has 0 radical (unpaired) electrons. The maximum atomic E-state index is 5.65. The SMILES string of the molecule is NCCN(c1ncncc1I)C1CCC1. The first-order valence-corrected chi connectivity index (χ1v) is 6.33. The zero-order valence-corrected chi connectivity index (χ0v) is 10.7. The van der Waals surface area contributed by atoms with Gasteiger partial charge >= 0.3 is 0 Å². The molecule has 5 heteroatoms. The molecular formula is C10H15IN4. The second kappa shape index (κ2) is 5.07. The largest absolute Gasteiger partial charge is 0.351 e. The van der Waals surface area contributed by atoms with Crippen molar-refractivity contribution < 1.29 is 0 Å². The fraction of sp³-hybridized carbons (Fsp3) is 0.600. The number of hydrogen-bond donors (Lipinski definition) is 1. The van der Waals surface area contributed by atoms with Gasteiger partial charge in [0.1, 0.15) is 12.1 Å². The Balaban J connectivity index is 2.19. The molecule has 0 saturated heterocycles. The van der Waals surface area contributed by atoms with Crippen LogP contribution < -0.4 is 10.6 Å². The van der Waals surface area contributed by atoms with Gasteiger partial charge in [-0.2, -0.15) is 0 Å². The molecule has 0 aromatic carbocycles. The van der Waals surface area contributed by atoms with Crippen molar-refractivity contribution in [3.05, 3.63) is 16.1 Å². The van der Waals surface area contributed by atoms with Crippen LogP contribution in [0.4, 0.5) is 5.82 Å². The number of anilines is 1. The molecule has 15 heavy (non-hydrogen) atoms. The van der Waals surface area contributed by atoms with Crippen LogP contribution in [-0.4, -0.2) is 29.1 Å². The molecule has 0 atom stereocenters. The molecule has 0 aliphatic heterocycles. The Bertz CT molecular complexity index is 327. The molecule has 0 spiro atoms. The maximum Gasteiger partial charge on any atom is 0.145 e. The molecule has 4 nitrogen and oxygen atoms in total. The Morgan fingerprint density at radius 2 is 2.33 bits per heavy atom. The standard InChI is InChI=1S/C10H15IN4/c11-9-6-13-7-14-10(9)15(5-4-12)8-2-1-3-8/h6-8H,1-5,12H2. The molecule has 0 amide bonds. The summed E-state index contributed by atoms with van der Waals surface area (Å²) in [4.78, 5) is 10.7. The molecule has 1 aliphatic rings. The van der Waals surface area contributed by atoms with Crippen molar-refractivity contribution in [3.8, 4) is 0 Å². The van der Waals surface area contributed by atoms with Gasteiger partial charge < -0.3 is 10.6 Å². The van der Waals surface area contributed by atoms with E-state index in [1.165, 1.54) is 19.3 Å².